The molecular weight excluding hydrogens is 426 g/mol. The molecule has 3 unspecified atom stereocenters. The minimum absolute atomic E-state index is 0.0630. The molecule has 3 atom stereocenters. The SMILES string of the molecule is CC1(C)CN(C(=O)C2CCCCC2NC(=O)c2ccccc2)CCC1(O)c1ccc(C#N)cc1. The number of piperidine rings is 1. The number of carbonyl (C=O) groups excluding carboxylic acids is 2. The lowest BCUT2D eigenvalue weighted by molar-refractivity contribution is -0.158. The summed E-state index contributed by atoms with van der Waals surface area (Å²) in [6.45, 7) is 4.85. The van der Waals surface area contributed by atoms with Crippen molar-refractivity contribution in [3.63, 3.8) is 0 Å². The van der Waals surface area contributed by atoms with Crippen LogP contribution in [-0.4, -0.2) is 41.0 Å². The van der Waals surface area contributed by atoms with Crippen molar-refractivity contribution in [2.75, 3.05) is 13.1 Å². The smallest absolute Gasteiger partial charge is 0.251 e. The number of carbonyl (C=O) groups is 2. The van der Waals surface area contributed by atoms with Crippen LogP contribution in [0.5, 0.6) is 0 Å². The predicted molar refractivity (Wildman–Crippen MR) is 130 cm³/mol. The maximum absolute atomic E-state index is 13.7. The van der Waals surface area contributed by atoms with E-state index in [-0.39, 0.29) is 23.8 Å². The number of nitrogens with zero attached hydrogens (tertiary/aromatic N) is 2. The first-order valence-electron chi connectivity index (χ1n) is 12.1. The van der Waals surface area contributed by atoms with Crippen LogP contribution in [0.3, 0.4) is 0 Å². The van der Waals surface area contributed by atoms with E-state index in [2.05, 4.69) is 11.4 Å². The van der Waals surface area contributed by atoms with E-state index >= 15 is 0 Å². The van der Waals surface area contributed by atoms with Crippen LogP contribution >= 0.6 is 0 Å². The summed E-state index contributed by atoms with van der Waals surface area (Å²) in [6.07, 6.45) is 3.94. The molecule has 2 N–H and O–H groups in total. The van der Waals surface area contributed by atoms with E-state index in [0.717, 1.165) is 31.2 Å². The fourth-order valence-electron chi connectivity index (χ4n) is 5.54. The first-order chi connectivity index (χ1) is 16.2. The maximum Gasteiger partial charge on any atom is 0.251 e. The highest BCUT2D eigenvalue weighted by molar-refractivity contribution is 5.94. The van der Waals surface area contributed by atoms with E-state index < -0.39 is 11.0 Å². The molecule has 4 rings (SSSR count). The first-order valence-corrected chi connectivity index (χ1v) is 12.1. The van der Waals surface area contributed by atoms with Crippen molar-refractivity contribution in [3.8, 4) is 6.07 Å². The van der Waals surface area contributed by atoms with Gasteiger partial charge in [0.05, 0.1) is 23.2 Å². The summed E-state index contributed by atoms with van der Waals surface area (Å²) in [7, 11) is 0. The van der Waals surface area contributed by atoms with Gasteiger partial charge in [-0.05, 0) is 49.1 Å². The average molecular weight is 460 g/mol. The van der Waals surface area contributed by atoms with Gasteiger partial charge in [-0.2, -0.15) is 5.26 Å². The number of amides is 2. The first kappa shape index (κ1) is 24.0. The van der Waals surface area contributed by atoms with Gasteiger partial charge in [-0.25, -0.2) is 0 Å². The number of likely N-dealkylation sites (tertiary alicyclic amines) is 1. The number of aliphatic hydroxyl groups is 1. The zero-order valence-electron chi connectivity index (χ0n) is 20.0. The zero-order valence-corrected chi connectivity index (χ0v) is 20.0. The Morgan fingerprint density at radius 2 is 1.74 bits per heavy atom. The molecule has 6 nitrogen and oxygen atoms in total. The number of hydrogen-bond donors (Lipinski definition) is 2. The van der Waals surface area contributed by atoms with Crippen molar-refractivity contribution in [1.82, 2.24) is 10.2 Å². The number of hydrogen-bond acceptors (Lipinski definition) is 4. The molecular formula is C28H33N3O3. The largest absolute Gasteiger partial charge is 0.384 e. The van der Waals surface area contributed by atoms with Crippen molar-refractivity contribution in [3.05, 3.63) is 71.3 Å². The van der Waals surface area contributed by atoms with Gasteiger partial charge in [-0.3, -0.25) is 9.59 Å². The van der Waals surface area contributed by atoms with Gasteiger partial charge in [0, 0.05) is 30.1 Å². The van der Waals surface area contributed by atoms with Crippen LogP contribution in [-0.2, 0) is 10.4 Å². The number of benzene rings is 2. The van der Waals surface area contributed by atoms with E-state index in [1.54, 1.807) is 24.3 Å². The quantitative estimate of drug-likeness (QED) is 0.723. The van der Waals surface area contributed by atoms with Crippen molar-refractivity contribution < 1.29 is 14.7 Å². The van der Waals surface area contributed by atoms with E-state index in [1.165, 1.54) is 0 Å². The molecule has 2 aromatic rings. The second-order valence-corrected chi connectivity index (χ2v) is 10.3. The topological polar surface area (TPSA) is 93.4 Å². The molecule has 0 spiro atoms. The van der Waals surface area contributed by atoms with Crippen molar-refractivity contribution in [1.29, 1.82) is 5.26 Å². The highest BCUT2D eigenvalue weighted by Crippen LogP contribution is 2.46. The van der Waals surface area contributed by atoms with E-state index in [0.29, 0.717) is 30.6 Å². The summed E-state index contributed by atoms with van der Waals surface area (Å²) < 4.78 is 0. The number of rotatable bonds is 4. The third kappa shape index (κ3) is 4.58. The second-order valence-electron chi connectivity index (χ2n) is 10.3. The molecule has 1 aliphatic carbocycles. The Bertz CT molecular complexity index is 1070. The Kier molecular flexibility index (Phi) is 6.77. The molecule has 2 aliphatic rings. The van der Waals surface area contributed by atoms with E-state index in [1.807, 2.05) is 49.1 Å². The standard InChI is InChI=1S/C28H33N3O3/c1-27(2)19-31(17-16-28(27,34)22-14-12-20(18-29)13-15-22)26(33)23-10-6-7-11-24(23)30-25(32)21-8-4-3-5-9-21/h3-5,8-9,12-15,23-24,34H,6-7,10-11,16-17,19H2,1-2H3,(H,30,32). The molecule has 6 heteroatoms. The fraction of sp³-hybridized carbons (Fsp3) is 0.464. The Balaban J connectivity index is 1.48. The normalized spacial score (nSPS) is 26.4. The summed E-state index contributed by atoms with van der Waals surface area (Å²) in [4.78, 5) is 28.3. The van der Waals surface area contributed by atoms with Gasteiger partial charge < -0.3 is 15.3 Å². The molecule has 178 valence electrons. The van der Waals surface area contributed by atoms with E-state index in [9.17, 15) is 14.7 Å². The molecule has 34 heavy (non-hydrogen) atoms. The van der Waals surface area contributed by atoms with E-state index in [4.69, 9.17) is 5.26 Å². The molecule has 0 bridgehead atoms. The molecule has 1 saturated heterocycles. The van der Waals surface area contributed by atoms with Gasteiger partial charge in [-0.1, -0.05) is 57.0 Å². The minimum Gasteiger partial charge on any atom is -0.384 e. The predicted octanol–water partition coefficient (Wildman–Crippen LogP) is 3.99. The molecule has 2 fully saturated rings. The van der Waals surface area contributed by atoms with Gasteiger partial charge in [0.2, 0.25) is 5.91 Å². The maximum atomic E-state index is 13.7. The summed E-state index contributed by atoms with van der Waals surface area (Å²) in [6, 6.07) is 18.1. The second kappa shape index (κ2) is 9.60. The molecule has 2 amide bonds. The van der Waals surface area contributed by atoms with Crippen LogP contribution in [0.1, 0.15) is 67.4 Å². The Morgan fingerprint density at radius 1 is 1.06 bits per heavy atom. The average Bonchev–Trinajstić information content (AvgIpc) is 2.86. The summed E-state index contributed by atoms with van der Waals surface area (Å²) in [5.41, 5.74) is 0.261. The van der Waals surface area contributed by atoms with Gasteiger partial charge >= 0.3 is 0 Å². The van der Waals surface area contributed by atoms with Crippen molar-refractivity contribution >= 4 is 11.8 Å². The van der Waals surface area contributed by atoms with Crippen LogP contribution < -0.4 is 5.32 Å². The van der Waals surface area contributed by atoms with Crippen LogP contribution in [0.2, 0.25) is 0 Å². The minimum atomic E-state index is -1.09. The lowest BCUT2D eigenvalue weighted by atomic mass is 9.66. The fourth-order valence-corrected chi connectivity index (χ4v) is 5.54. The third-order valence-electron chi connectivity index (χ3n) is 7.69. The van der Waals surface area contributed by atoms with Crippen LogP contribution in [0.15, 0.2) is 54.6 Å². The van der Waals surface area contributed by atoms with Crippen LogP contribution in [0.4, 0.5) is 0 Å². The Hall–Kier alpha value is -3.17. The van der Waals surface area contributed by atoms with Crippen LogP contribution in [0, 0.1) is 22.7 Å². The van der Waals surface area contributed by atoms with Gasteiger partial charge in [0.1, 0.15) is 0 Å². The molecule has 2 aromatic carbocycles. The van der Waals surface area contributed by atoms with Crippen LogP contribution in [0.25, 0.3) is 0 Å². The van der Waals surface area contributed by atoms with Gasteiger partial charge in [0.15, 0.2) is 0 Å². The molecule has 1 saturated carbocycles. The summed E-state index contributed by atoms with van der Waals surface area (Å²) in [5, 5.41) is 23.9. The van der Waals surface area contributed by atoms with Crippen molar-refractivity contribution in [2.45, 2.75) is 57.6 Å². The third-order valence-corrected chi connectivity index (χ3v) is 7.69. The van der Waals surface area contributed by atoms with Gasteiger partial charge in [0.25, 0.3) is 5.91 Å². The Labute approximate surface area is 201 Å². The number of nitriles is 1. The molecule has 0 aromatic heterocycles. The molecule has 1 aliphatic heterocycles. The summed E-state index contributed by atoms with van der Waals surface area (Å²) in [5.74, 6) is -0.328. The zero-order chi connectivity index (χ0) is 24.3. The summed E-state index contributed by atoms with van der Waals surface area (Å²) >= 11 is 0. The lowest BCUT2D eigenvalue weighted by Crippen LogP contribution is -2.59. The monoisotopic (exact) mass is 459 g/mol. The number of nitrogens with one attached hydrogen (secondary N) is 1. The van der Waals surface area contributed by atoms with Gasteiger partial charge in [-0.15, -0.1) is 0 Å². The van der Waals surface area contributed by atoms with Crippen molar-refractivity contribution in [2.24, 2.45) is 11.3 Å². The molecule has 1 heterocycles. The highest BCUT2D eigenvalue weighted by atomic mass is 16.3. The lowest BCUT2D eigenvalue weighted by Gasteiger charge is -2.51. The molecule has 0 radical (unpaired) electrons. The Morgan fingerprint density at radius 3 is 2.38 bits per heavy atom. The highest BCUT2D eigenvalue weighted by Gasteiger charge is 2.50.